The molecule has 0 fully saturated rings. The molecule has 0 aromatic heterocycles. The summed E-state index contributed by atoms with van der Waals surface area (Å²) in [4.78, 5) is 7.56. The molecule has 2 aliphatic heterocycles. The number of anilines is 9. The van der Waals surface area contributed by atoms with Crippen LogP contribution < -0.4 is 14.7 Å². The number of fused-ring (bicyclic) bond motifs is 6. The number of para-hydroxylation sites is 1. The number of nitrogens with zero attached hydrogens (tertiary/aromatic N) is 3. The normalized spacial score (nSPS) is 14.2. The van der Waals surface area contributed by atoms with Crippen LogP contribution in [0.4, 0.5) is 51.2 Å². The summed E-state index contributed by atoms with van der Waals surface area (Å²) in [7, 11) is 0. The van der Waals surface area contributed by atoms with Gasteiger partial charge in [0, 0.05) is 45.0 Å². The van der Waals surface area contributed by atoms with Crippen LogP contribution in [0.2, 0.25) is 0 Å². The number of hydrogen-bond donors (Lipinski definition) is 0. The minimum absolute atomic E-state index is 0.275. The van der Waals surface area contributed by atoms with E-state index < -0.39 is 0 Å². The van der Waals surface area contributed by atoms with Gasteiger partial charge in [0.1, 0.15) is 0 Å². The summed E-state index contributed by atoms with van der Waals surface area (Å²) < 4.78 is 0. The first-order valence-corrected chi connectivity index (χ1v) is 23.2. The average Bonchev–Trinajstić information content (AvgIpc) is 3.30. The molecule has 0 spiro atoms. The standard InChI is InChI=1S/C62H57N3/c1-38-29-51(30-39(2)42(38)5)63(48-25-23-44-17-11-13-19-46(44)33-48)50-27-28-59-55(35-50)62(9,10)57-37-53(36-56-60(57)65(59)58-22-16-15-21-54(58)61(56,7)8)64(52-31-40(3)43(6)41(4)32-52)49-26-24-45-18-12-14-20-47(45)34-49/h11-37H,1-10H3. The third-order valence-corrected chi connectivity index (χ3v) is 15.2. The molecule has 65 heavy (non-hydrogen) atoms. The maximum atomic E-state index is 2.58. The van der Waals surface area contributed by atoms with Crippen molar-refractivity contribution < 1.29 is 0 Å². The van der Waals surface area contributed by atoms with E-state index in [1.54, 1.807) is 0 Å². The van der Waals surface area contributed by atoms with Crippen LogP contribution in [0.15, 0.2) is 164 Å². The van der Waals surface area contributed by atoms with Gasteiger partial charge in [-0.2, -0.15) is 0 Å². The molecule has 320 valence electrons. The summed E-state index contributed by atoms with van der Waals surface area (Å²) in [5, 5.41) is 4.93. The Labute approximate surface area is 385 Å². The highest BCUT2D eigenvalue weighted by Gasteiger charge is 2.46. The highest BCUT2D eigenvalue weighted by Crippen LogP contribution is 2.62. The first-order valence-electron chi connectivity index (χ1n) is 23.2. The van der Waals surface area contributed by atoms with Crippen LogP contribution >= 0.6 is 0 Å². The first-order chi connectivity index (χ1) is 31.2. The molecular formula is C62H57N3. The van der Waals surface area contributed by atoms with E-state index in [-0.39, 0.29) is 10.8 Å². The van der Waals surface area contributed by atoms with Gasteiger partial charge in [-0.05, 0) is 204 Å². The zero-order valence-corrected chi connectivity index (χ0v) is 39.4. The topological polar surface area (TPSA) is 9.72 Å². The van der Waals surface area contributed by atoms with Crippen LogP contribution in [-0.4, -0.2) is 0 Å². The molecule has 0 unspecified atom stereocenters. The van der Waals surface area contributed by atoms with E-state index in [1.807, 2.05) is 0 Å². The lowest BCUT2D eigenvalue weighted by Crippen LogP contribution is -2.38. The minimum atomic E-state index is -0.382. The van der Waals surface area contributed by atoms with E-state index in [9.17, 15) is 0 Å². The molecule has 3 nitrogen and oxygen atoms in total. The lowest BCUT2D eigenvalue weighted by Gasteiger charge is -2.50. The number of hydrogen-bond acceptors (Lipinski definition) is 3. The number of benzene rings is 9. The van der Waals surface area contributed by atoms with E-state index in [0.29, 0.717) is 0 Å². The third-order valence-electron chi connectivity index (χ3n) is 15.2. The fourth-order valence-electron chi connectivity index (χ4n) is 11.0. The molecule has 0 aliphatic carbocycles. The van der Waals surface area contributed by atoms with Crippen LogP contribution in [0, 0.1) is 41.5 Å². The fraction of sp³-hybridized carbons (Fsp3) is 0.194. The van der Waals surface area contributed by atoms with Gasteiger partial charge in [-0.25, -0.2) is 0 Å². The second-order valence-corrected chi connectivity index (χ2v) is 19.8. The SMILES string of the molecule is Cc1cc(N(c2ccc3c(c2)C(C)(C)c2cc(N(c4cc(C)c(C)c(C)c4)c4ccc5ccccc5c4)cc4c2N3c2ccccc2C4(C)C)c2ccc3ccccc3c2)cc(C)c1C. The summed E-state index contributed by atoms with van der Waals surface area (Å²) >= 11 is 0. The monoisotopic (exact) mass is 843 g/mol. The molecule has 9 aromatic rings. The Morgan fingerprint density at radius 2 is 0.692 bits per heavy atom. The van der Waals surface area contributed by atoms with Crippen LogP contribution in [0.1, 0.15) is 83.3 Å². The second kappa shape index (κ2) is 14.7. The molecule has 2 heterocycles. The van der Waals surface area contributed by atoms with E-state index in [4.69, 9.17) is 0 Å². The van der Waals surface area contributed by atoms with Gasteiger partial charge in [0.2, 0.25) is 0 Å². The van der Waals surface area contributed by atoms with Crippen LogP contribution in [0.3, 0.4) is 0 Å². The van der Waals surface area contributed by atoms with Crippen molar-refractivity contribution in [1.29, 1.82) is 0 Å². The Hall–Kier alpha value is -7.10. The van der Waals surface area contributed by atoms with Crippen molar-refractivity contribution in [2.75, 3.05) is 14.7 Å². The van der Waals surface area contributed by atoms with Crippen LogP contribution in [0.25, 0.3) is 21.5 Å². The van der Waals surface area contributed by atoms with Crippen LogP contribution in [-0.2, 0) is 10.8 Å². The zero-order valence-electron chi connectivity index (χ0n) is 39.4. The largest absolute Gasteiger partial charge is 0.310 e. The van der Waals surface area contributed by atoms with Crippen LogP contribution in [0.5, 0.6) is 0 Å². The number of aryl methyl sites for hydroxylation is 4. The van der Waals surface area contributed by atoms with E-state index in [2.05, 4.69) is 248 Å². The Balaban J connectivity index is 1.18. The summed E-state index contributed by atoms with van der Waals surface area (Å²) in [6.07, 6.45) is 0. The molecule has 0 bridgehead atoms. The first kappa shape index (κ1) is 40.7. The van der Waals surface area contributed by atoms with Crippen molar-refractivity contribution in [3.05, 3.63) is 219 Å². The van der Waals surface area contributed by atoms with E-state index in [0.717, 1.165) is 17.1 Å². The molecule has 11 rings (SSSR count). The Bertz CT molecular complexity index is 3380. The molecule has 0 N–H and O–H groups in total. The van der Waals surface area contributed by atoms with Crippen molar-refractivity contribution in [3.63, 3.8) is 0 Å². The quantitative estimate of drug-likeness (QED) is 0.165. The van der Waals surface area contributed by atoms with Crippen molar-refractivity contribution in [2.45, 2.75) is 80.1 Å². The Morgan fingerprint density at radius 3 is 1.22 bits per heavy atom. The summed E-state index contributed by atoms with van der Waals surface area (Å²) in [6.45, 7) is 23.2. The molecule has 0 radical (unpaired) electrons. The van der Waals surface area contributed by atoms with Gasteiger partial charge in [-0.3, -0.25) is 0 Å². The minimum Gasteiger partial charge on any atom is -0.310 e. The highest BCUT2D eigenvalue weighted by molar-refractivity contribution is 5.97. The lowest BCUT2D eigenvalue weighted by atomic mass is 9.66. The molecule has 0 atom stereocenters. The lowest BCUT2D eigenvalue weighted by molar-refractivity contribution is 0.597. The molecule has 9 aromatic carbocycles. The van der Waals surface area contributed by atoms with Gasteiger partial charge in [0.15, 0.2) is 0 Å². The summed E-state index contributed by atoms with van der Waals surface area (Å²) in [5.41, 5.74) is 23.2. The molecular weight excluding hydrogens is 787 g/mol. The Kier molecular flexibility index (Phi) is 9.21. The highest BCUT2D eigenvalue weighted by atomic mass is 15.2. The summed E-state index contributed by atoms with van der Waals surface area (Å²) in [6, 6.07) is 62.0. The van der Waals surface area contributed by atoms with E-state index in [1.165, 1.54) is 111 Å². The van der Waals surface area contributed by atoms with Crippen molar-refractivity contribution in [2.24, 2.45) is 0 Å². The van der Waals surface area contributed by atoms with Crippen molar-refractivity contribution in [1.82, 2.24) is 0 Å². The van der Waals surface area contributed by atoms with Gasteiger partial charge < -0.3 is 14.7 Å². The van der Waals surface area contributed by atoms with Gasteiger partial charge in [-0.15, -0.1) is 0 Å². The molecule has 0 saturated carbocycles. The maximum Gasteiger partial charge on any atom is 0.0545 e. The average molecular weight is 844 g/mol. The molecule has 2 aliphatic rings. The van der Waals surface area contributed by atoms with Gasteiger partial charge in [0.05, 0.1) is 17.1 Å². The second-order valence-electron chi connectivity index (χ2n) is 19.8. The zero-order chi connectivity index (χ0) is 45.1. The maximum absolute atomic E-state index is 2.58. The fourth-order valence-corrected chi connectivity index (χ4v) is 11.0. The molecule has 3 heteroatoms. The molecule has 0 amide bonds. The third kappa shape index (κ3) is 6.31. The van der Waals surface area contributed by atoms with Crippen molar-refractivity contribution in [3.8, 4) is 0 Å². The van der Waals surface area contributed by atoms with Crippen molar-refractivity contribution >= 4 is 72.7 Å². The predicted octanol–water partition coefficient (Wildman–Crippen LogP) is 17.5. The molecule has 0 saturated heterocycles. The van der Waals surface area contributed by atoms with Gasteiger partial charge >= 0.3 is 0 Å². The smallest absolute Gasteiger partial charge is 0.0545 e. The summed E-state index contributed by atoms with van der Waals surface area (Å²) in [5.74, 6) is 0. The predicted molar refractivity (Wildman–Crippen MR) is 278 cm³/mol. The van der Waals surface area contributed by atoms with Gasteiger partial charge in [0.25, 0.3) is 0 Å². The number of rotatable bonds is 6. The Morgan fingerprint density at radius 1 is 0.323 bits per heavy atom. The van der Waals surface area contributed by atoms with Gasteiger partial charge in [-0.1, -0.05) is 107 Å². The van der Waals surface area contributed by atoms with E-state index >= 15 is 0 Å².